The highest BCUT2D eigenvalue weighted by atomic mass is 16.5. The van der Waals surface area contributed by atoms with Crippen LogP contribution >= 0.6 is 0 Å². The van der Waals surface area contributed by atoms with Crippen LogP contribution in [-0.4, -0.2) is 27.7 Å². The van der Waals surface area contributed by atoms with Gasteiger partial charge in [-0.25, -0.2) is 9.97 Å². The van der Waals surface area contributed by atoms with Crippen LogP contribution in [-0.2, 0) is 13.0 Å². The Labute approximate surface area is 130 Å². The van der Waals surface area contributed by atoms with Gasteiger partial charge in [0.05, 0.1) is 12.2 Å². The molecule has 0 bridgehead atoms. The highest BCUT2D eigenvalue weighted by Gasteiger charge is 2.12. The maximum atomic E-state index is 5.18. The van der Waals surface area contributed by atoms with E-state index in [2.05, 4.69) is 25.8 Å². The molecule has 1 saturated heterocycles. The number of nitrogens with one attached hydrogen (secondary N) is 2. The Morgan fingerprint density at radius 3 is 3.05 bits per heavy atom. The zero-order valence-corrected chi connectivity index (χ0v) is 13.0. The van der Waals surface area contributed by atoms with Crippen molar-refractivity contribution < 1.29 is 4.52 Å². The number of anilines is 1. The van der Waals surface area contributed by atoms with Crippen LogP contribution in [0.1, 0.15) is 42.8 Å². The first-order valence-corrected chi connectivity index (χ1v) is 8.00. The first-order valence-electron chi connectivity index (χ1n) is 8.00. The van der Waals surface area contributed by atoms with E-state index in [0.717, 1.165) is 42.4 Å². The van der Waals surface area contributed by atoms with Gasteiger partial charge in [0, 0.05) is 23.9 Å². The largest absolute Gasteiger partial charge is 0.363 e. The molecule has 2 aromatic heterocycles. The normalized spacial score (nSPS) is 18.3. The van der Waals surface area contributed by atoms with Gasteiger partial charge in [0.2, 0.25) is 0 Å². The average molecular weight is 301 g/mol. The summed E-state index contributed by atoms with van der Waals surface area (Å²) < 4.78 is 5.18. The molecule has 0 spiro atoms. The lowest BCUT2D eigenvalue weighted by atomic mass is 10.00. The lowest BCUT2D eigenvalue weighted by Gasteiger charge is -2.23. The van der Waals surface area contributed by atoms with Crippen molar-refractivity contribution in [1.82, 2.24) is 20.4 Å². The average Bonchev–Trinajstić information content (AvgIpc) is 2.98. The second-order valence-corrected chi connectivity index (χ2v) is 5.87. The first-order chi connectivity index (χ1) is 10.8. The van der Waals surface area contributed by atoms with Crippen molar-refractivity contribution in [1.29, 1.82) is 0 Å². The van der Waals surface area contributed by atoms with Crippen LogP contribution in [0.2, 0.25) is 0 Å². The molecule has 0 aromatic carbocycles. The minimum absolute atomic E-state index is 0.585. The Kier molecular flexibility index (Phi) is 5.00. The van der Waals surface area contributed by atoms with E-state index in [1.165, 1.54) is 19.3 Å². The Morgan fingerprint density at radius 2 is 2.27 bits per heavy atom. The van der Waals surface area contributed by atoms with Crippen molar-refractivity contribution in [3.63, 3.8) is 0 Å². The molecule has 1 fully saturated rings. The maximum Gasteiger partial charge on any atom is 0.156 e. The molecule has 22 heavy (non-hydrogen) atoms. The van der Waals surface area contributed by atoms with Crippen LogP contribution in [0.25, 0.3) is 0 Å². The van der Waals surface area contributed by atoms with Crippen LogP contribution in [0, 0.1) is 6.92 Å². The first kappa shape index (κ1) is 15.0. The molecule has 1 aliphatic rings. The molecule has 0 saturated carbocycles. The van der Waals surface area contributed by atoms with Gasteiger partial charge in [0.1, 0.15) is 12.1 Å². The van der Waals surface area contributed by atoms with Crippen molar-refractivity contribution in [3.8, 4) is 0 Å². The molecular weight excluding hydrogens is 278 g/mol. The predicted octanol–water partition coefficient (Wildman–Crippen LogP) is 2.46. The zero-order chi connectivity index (χ0) is 15.2. The monoisotopic (exact) mass is 301 g/mol. The van der Waals surface area contributed by atoms with E-state index in [1.54, 1.807) is 6.33 Å². The Bertz CT molecular complexity index is 592. The van der Waals surface area contributed by atoms with Crippen molar-refractivity contribution in [2.75, 3.05) is 11.9 Å². The molecule has 2 N–H and O–H groups in total. The van der Waals surface area contributed by atoms with Crippen LogP contribution in [0.5, 0.6) is 0 Å². The van der Waals surface area contributed by atoms with Crippen LogP contribution in [0.4, 0.5) is 5.82 Å². The van der Waals surface area contributed by atoms with Crippen molar-refractivity contribution in [3.05, 3.63) is 35.6 Å². The van der Waals surface area contributed by atoms with Gasteiger partial charge in [-0.15, -0.1) is 0 Å². The summed E-state index contributed by atoms with van der Waals surface area (Å²) in [6.07, 6.45) is 7.66. The van der Waals surface area contributed by atoms with Crippen molar-refractivity contribution >= 4 is 5.82 Å². The van der Waals surface area contributed by atoms with Crippen molar-refractivity contribution in [2.24, 2.45) is 0 Å². The van der Waals surface area contributed by atoms with Crippen LogP contribution in [0.15, 0.2) is 23.0 Å². The van der Waals surface area contributed by atoms with Crippen molar-refractivity contribution in [2.45, 2.75) is 51.6 Å². The Balaban J connectivity index is 1.50. The van der Waals surface area contributed by atoms with Gasteiger partial charge >= 0.3 is 0 Å². The van der Waals surface area contributed by atoms with E-state index in [0.29, 0.717) is 12.6 Å². The molecule has 1 aliphatic heterocycles. The third-order valence-corrected chi connectivity index (χ3v) is 4.01. The van der Waals surface area contributed by atoms with Crippen LogP contribution < -0.4 is 10.6 Å². The summed E-state index contributed by atoms with van der Waals surface area (Å²) in [5.74, 6) is 1.64. The summed E-state index contributed by atoms with van der Waals surface area (Å²) in [7, 11) is 0. The van der Waals surface area contributed by atoms with E-state index < -0.39 is 0 Å². The molecule has 2 aromatic rings. The third-order valence-electron chi connectivity index (χ3n) is 4.01. The lowest BCUT2D eigenvalue weighted by Crippen LogP contribution is -2.34. The topological polar surface area (TPSA) is 75.9 Å². The highest BCUT2D eigenvalue weighted by molar-refractivity contribution is 5.35. The van der Waals surface area contributed by atoms with Gasteiger partial charge in [-0.3, -0.25) is 0 Å². The van der Waals surface area contributed by atoms with E-state index in [4.69, 9.17) is 4.52 Å². The lowest BCUT2D eigenvalue weighted by molar-refractivity contribution is 0.382. The smallest absolute Gasteiger partial charge is 0.156 e. The maximum absolute atomic E-state index is 5.18. The third kappa shape index (κ3) is 4.27. The van der Waals surface area contributed by atoms with Gasteiger partial charge in [-0.2, -0.15) is 0 Å². The molecule has 0 aliphatic carbocycles. The van der Waals surface area contributed by atoms with Gasteiger partial charge in [0.25, 0.3) is 0 Å². The molecule has 0 radical (unpaired) electrons. The number of hydrogen-bond acceptors (Lipinski definition) is 6. The molecule has 3 rings (SSSR count). The number of piperidine rings is 1. The minimum atomic E-state index is 0.585. The molecule has 1 unspecified atom stereocenters. The van der Waals surface area contributed by atoms with Gasteiger partial charge in [-0.05, 0) is 39.2 Å². The second-order valence-electron chi connectivity index (χ2n) is 5.87. The summed E-state index contributed by atoms with van der Waals surface area (Å²) in [4.78, 5) is 8.62. The Morgan fingerprint density at radius 1 is 1.32 bits per heavy atom. The SMILES string of the molecule is Cc1cc(CNc2cc(CCC3CCCCN3)ncn2)on1. The molecule has 3 heterocycles. The highest BCUT2D eigenvalue weighted by Crippen LogP contribution is 2.14. The molecule has 1 atom stereocenters. The fraction of sp³-hybridized carbons (Fsp3) is 0.562. The number of aromatic nitrogens is 3. The van der Waals surface area contributed by atoms with Gasteiger partial charge < -0.3 is 15.2 Å². The summed E-state index contributed by atoms with van der Waals surface area (Å²) in [6.45, 7) is 3.65. The molecule has 6 heteroatoms. The minimum Gasteiger partial charge on any atom is -0.363 e. The van der Waals surface area contributed by atoms with Crippen LogP contribution in [0.3, 0.4) is 0 Å². The van der Waals surface area contributed by atoms with E-state index in [1.807, 2.05) is 19.1 Å². The summed E-state index contributed by atoms with van der Waals surface area (Å²) in [6, 6.07) is 4.58. The summed E-state index contributed by atoms with van der Waals surface area (Å²) in [5, 5.41) is 10.7. The fourth-order valence-electron chi connectivity index (χ4n) is 2.80. The molecule has 0 amide bonds. The van der Waals surface area contributed by atoms with Gasteiger partial charge in [-0.1, -0.05) is 11.6 Å². The summed E-state index contributed by atoms with van der Waals surface area (Å²) in [5.41, 5.74) is 1.97. The quantitative estimate of drug-likeness (QED) is 0.853. The number of rotatable bonds is 6. The standard InChI is InChI=1S/C16H23N5O/c1-12-8-15(22-21-12)10-18-16-9-14(19-11-20-16)6-5-13-4-2-3-7-17-13/h8-9,11,13,17H,2-7,10H2,1H3,(H,18,19,20). The molecule has 6 nitrogen and oxygen atoms in total. The van der Waals surface area contributed by atoms with E-state index in [-0.39, 0.29) is 0 Å². The number of hydrogen-bond donors (Lipinski definition) is 2. The van der Waals surface area contributed by atoms with Gasteiger partial charge in [0.15, 0.2) is 5.76 Å². The fourth-order valence-corrected chi connectivity index (χ4v) is 2.80. The Hall–Kier alpha value is -1.95. The molecule has 118 valence electrons. The van der Waals surface area contributed by atoms with E-state index in [9.17, 15) is 0 Å². The second kappa shape index (κ2) is 7.35. The molecular formula is C16H23N5O. The zero-order valence-electron chi connectivity index (χ0n) is 13.0. The number of nitrogens with zero attached hydrogens (tertiary/aromatic N) is 3. The summed E-state index contributed by atoms with van der Waals surface area (Å²) >= 11 is 0. The van der Waals surface area contributed by atoms with E-state index >= 15 is 0 Å². The number of aryl methyl sites for hydroxylation is 2. The predicted molar refractivity (Wildman–Crippen MR) is 84.6 cm³/mol.